The number of para-hydroxylation sites is 3. The van der Waals surface area contributed by atoms with Gasteiger partial charge in [0.1, 0.15) is 5.75 Å². The van der Waals surface area contributed by atoms with Crippen LogP contribution in [0.15, 0.2) is 84.9 Å². The first-order chi connectivity index (χ1) is 14.2. The fraction of sp³-hybridized carbons (Fsp3) is 0.0769. The van der Waals surface area contributed by atoms with E-state index in [2.05, 4.69) is 72.2 Å². The van der Waals surface area contributed by atoms with Gasteiger partial charge in [-0.1, -0.05) is 54.6 Å². The maximum Gasteiger partial charge on any atom is 0.150 e. The monoisotopic (exact) mass is 379 g/mol. The lowest BCUT2D eigenvalue weighted by atomic mass is 10.00. The van der Waals surface area contributed by atoms with E-state index in [9.17, 15) is 5.11 Å². The second-order valence-electron chi connectivity index (χ2n) is 7.25. The summed E-state index contributed by atoms with van der Waals surface area (Å²) in [5.41, 5.74) is 5.95. The number of nitrogens with zero attached hydrogens (tertiary/aromatic N) is 1. The van der Waals surface area contributed by atoms with Crippen molar-refractivity contribution in [3.8, 4) is 28.3 Å². The van der Waals surface area contributed by atoms with E-state index >= 15 is 0 Å². The molecule has 1 aromatic heterocycles. The van der Waals surface area contributed by atoms with Gasteiger partial charge in [0, 0.05) is 21.9 Å². The summed E-state index contributed by atoms with van der Waals surface area (Å²) in [7, 11) is 1.69. The molecule has 5 aromatic rings. The Morgan fingerprint density at radius 2 is 1.31 bits per heavy atom. The largest absolute Gasteiger partial charge is 0.507 e. The van der Waals surface area contributed by atoms with Gasteiger partial charge in [0.2, 0.25) is 0 Å². The van der Waals surface area contributed by atoms with Crippen molar-refractivity contribution in [1.82, 2.24) is 4.57 Å². The molecule has 3 nitrogen and oxygen atoms in total. The number of phenols is 1. The summed E-state index contributed by atoms with van der Waals surface area (Å²) in [6.45, 7) is 2.07. The highest BCUT2D eigenvalue weighted by atomic mass is 16.5. The van der Waals surface area contributed by atoms with Gasteiger partial charge in [-0.3, -0.25) is 0 Å². The normalized spacial score (nSPS) is 11.2. The molecule has 0 aliphatic rings. The van der Waals surface area contributed by atoms with Gasteiger partial charge in [-0.25, -0.2) is 0 Å². The lowest BCUT2D eigenvalue weighted by Gasteiger charge is -2.18. The molecule has 0 aliphatic carbocycles. The number of hydrogen-bond acceptors (Lipinski definition) is 2. The summed E-state index contributed by atoms with van der Waals surface area (Å²) in [4.78, 5) is 0. The van der Waals surface area contributed by atoms with Gasteiger partial charge >= 0.3 is 0 Å². The van der Waals surface area contributed by atoms with Crippen molar-refractivity contribution in [3.63, 3.8) is 0 Å². The number of aryl methyl sites for hydroxylation is 1. The molecule has 1 N–H and O–H groups in total. The Kier molecular flexibility index (Phi) is 4.02. The highest BCUT2D eigenvalue weighted by Gasteiger charge is 2.19. The van der Waals surface area contributed by atoms with E-state index in [0.29, 0.717) is 0 Å². The number of methoxy groups -OCH3 is 1. The number of ether oxygens (including phenoxy) is 1. The number of phenolic OH excluding ortho intramolecular Hbond substituents is 1. The third-order valence-corrected chi connectivity index (χ3v) is 5.43. The average molecular weight is 379 g/mol. The van der Waals surface area contributed by atoms with Gasteiger partial charge in [0.15, 0.2) is 5.75 Å². The molecule has 0 unspecified atom stereocenters. The summed E-state index contributed by atoms with van der Waals surface area (Å²) in [5, 5.41) is 12.9. The van der Waals surface area contributed by atoms with E-state index in [0.717, 1.165) is 39.2 Å². The van der Waals surface area contributed by atoms with Gasteiger partial charge in [-0.2, -0.15) is 0 Å². The van der Waals surface area contributed by atoms with Crippen LogP contribution in [0.25, 0.3) is 38.6 Å². The van der Waals surface area contributed by atoms with Crippen molar-refractivity contribution < 1.29 is 9.84 Å². The first kappa shape index (κ1) is 17.4. The van der Waals surface area contributed by atoms with Crippen molar-refractivity contribution in [2.24, 2.45) is 0 Å². The van der Waals surface area contributed by atoms with Crippen LogP contribution in [0, 0.1) is 6.92 Å². The van der Waals surface area contributed by atoms with E-state index in [1.807, 2.05) is 18.2 Å². The van der Waals surface area contributed by atoms with Crippen molar-refractivity contribution in [1.29, 1.82) is 0 Å². The zero-order chi connectivity index (χ0) is 20.0. The highest BCUT2D eigenvalue weighted by molar-refractivity contribution is 6.09. The summed E-state index contributed by atoms with van der Waals surface area (Å²) in [5.74, 6) is 0.980. The van der Waals surface area contributed by atoms with Crippen LogP contribution >= 0.6 is 0 Å². The fourth-order valence-corrected chi connectivity index (χ4v) is 4.22. The van der Waals surface area contributed by atoms with Crippen LogP contribution in [0.4, 0.5) is 0 Å². The molecular weight excluding hydrogens is 358 g/mol. The molecule has 0 spiro atoms. The van der Waals surface area contributed by atoms with E-state index in [1.165, 1.54) is 10.8 Å². The maximum absolute atomic E-state index is 10.5. The van der Waals surface area contributed by atoms with Crippen LogP contribution < -0.4 is 4.74 Å². The van der Waals surface area contributed by atoms with Gasteiger partial charge in [0.25, 0.3) is 0 Å². The Morgan fingerprint density at radius 1 is 0.724 bits per heavy atom. The minimum Gasteiger partial charge on any atom is -0.507 e. The van der Waals surface area contributed by atoms with E-state index in [4.69, 9.17) is 4.74 Å². The van der Waals surface area contributed by atoms with Crippen molar-refractivity contribution in [2.45, 2.75) is 6.92 Å². The van der Waals surface area contributed by atoms with Gasteiger partial charge in [-0.15, -0.1) is 0 Å². The van der Waals surface area contributed by atoms with Crippen LogP contribution in [-0.4, -0.2) is 16.8 Å². The van der Waals surface area contributed by atoms with Gasteiger partial charge in [0.05, 0.1) is 23.8 Å². The number of hydrogen-bond donors (Lipinski definition) is 1. The van der Waals surface area contributed by atoms with Crippen LogP contribution in [0.3, 0.4) is 0 Å². The topological polar surface area (TPSA) is 34.4 Å². The Labute approximate surface area is 169 Å². The number of aromatic hydroxyl groups is 1. The molecule has 0 atom stereocenters. The maximum atomic E-state index is 10.5. The molecule has 0 saturated heterocycles. The Bertz CT molecular complexity index is 1310. The van der Waals surface area contributed by atoms with E-state index in [-0.39, 0.29) is 5.75 Å². The molecule has 0 amide bonds. The van der Waals surface area contributed by atoms with Crippen LogP contribution in [0.1, 0.15) is 5.56 Å². The molecule has 4 aromatic carbocycles. The Balaban J connectivity index is 1.92. The molecule has 0 bridgehead atoms. The van der Waals surface area contributed by atoms with E-state index < -0.39 is 0 Å². The summed E-state index contributed by atoms with van der Waals surface area (Å²) in [6, 6.07) is 28.4. The van der Waals surface area contributed by atoms with Crippen LogP contribution in [0.5, 0.6) is 11.5 Å². The lowest BCUT2D eigenvalue weighted by Crippen LogP contribution is -2.01. The molecule has 1 heterocycles. The van der Waals surface area contributed by atoms with Crippen LogP contribution in [-0.2, 0) is 0 Å². The molecule has 3 heteroatoms. The molecule has 29 heavy (non-hydrogen) atoms. The van der Waals surface area contributed by atoms with Crippen molar-refractivity contribution in [2.75, 3.05) is 7.11 Å². The second kappa shape index (κ2) is 6.71. The van der Waals surface area contributed by atoms with Crippen molar-refractivity contribution in [3.05, 3.63) is 90.5 Å². The van der Waals surface area contributed by atoms with Crippen LogP contribution in [0.2, 0.25) is 0 Å². The first-order valence-corrected chi connectivity index (χ1v) is 9.64. The smallest absolute Gasteiger partial charge is 0.150 e. The number of fused-ring (bicyclic) bond motifs is 3. The first-order valence-electron chi connectivity index (χ1n) is 9.64. The summed E-state index contributed by atoms with van der Waals surface area (Å²) < 4.78 is 8.18. The Hall–Kier alpha value is -3.72. The SMILES string of the molecule is COc1c(-c2ccccc2O)cc(C)cc1-n1c2ccccc2c2ccccc21. The highest BCUT2D eigenvalue weighted by Crippen LogP contribution is 2.43. The third kappa shape index (κ3) is 2.66. The second-order valence-corrected chi connectivity index (χ2v) is 7.25. The molecule has 0 saturated carbocycles. The number of benzene rings is 4. The minimum absolute atomic E-state index is 0.240. The van der Waals surface area contributed by atoms with Crippen molar-refractivity contribution >= 4 is 21.8 Å². The van der Waals surface area contributed by atoms with Gasteiger partial charge in [-0.05, 0) is 42.8 Å². The number of rotatable bonds is 3. The summed E-state index contributed by atoms with van der Waals surface area (Å²) >= 11 is 0. The molecule has 5 rings (SSSR count). The average Bonchev–Trinajstić information content (AvgIpc) is 3.08. The quantitative estimate of drug-likeness (QED) is 0.390. The zero-order valence-electron chi connectivity index (χ0n) is 16.4. The predicted octanol–water partition coefficient (Wildman–Crippen LogP) is 6.47. The van der Waals surface area contributed by atoms with E-state index in [1.54, 1.807) is 13.2 Å². The molecule has 142 valence electrons. The lowest BCUT2D eigenvalue weighted by molar-refractivity contribution is 0.414. The molecule has 0 radical (unpaired) electrons. The zero-order valence-corrected chi connectivity index (χ0v) is 16.4. The third-order valence-electron chi connectivity index (χ3n) is 5.43. The minimum atomic E-state index is 0.240. The van der Waals surface area contributed by atoms with Gasteiger partial charge < -0.3 is 14.4 Å². The summed E-state index contributed by atoms with van der Waals surface area (Å²) in [6.07, 6.45) is 0. The Morgan fingerprint density at radius 3 is 1.93 bits per heavy atom. The molecular formula is C26H21NO2. The predicted molar refractivity (Wildman–Crippen MR) is 119 cm³/mol. The fourth-order valence-electron chi connectivity index (χ4n) is 4.22. The standard InChI is InChI=1S/C26H21NO2/c1-17-15-21(20-11-5-8-14-25(20)28)26(29-2)24(16-17)27-22-12-6-3-9-18(22)19-10-4-7-13-23(19)27/h3-16,28H,1-2H3. The molecule has 0 aliphatic heterocycles. The molecule has 0 fully saturated rings. The number of aromatic nitrogens is 1.